The van der Waals surface area contributed by atoms with E-state index in [4.69, 9.17) is 39.5 Å². The van der Waals surface area contributed by atoms with Gasteiger partial charge in [0.1, 0.15) is 5.75 Å². The van der Waals surface area contributed by atoms with Crippen molar-refractivity contribution >= 4 is 52.6 Å². The van der Waals surface area contributed by atoms with E-state index < -0.39 is 11.8 Å². The first kappa shape index (κ1) is 16.6. The van der Waals surface area contributed by atoms with Crippen molar-refractivity contribution in [2.75, 3.05) is 0 Å². The Morgan fingerprint density at radius 1 is 0.909 bits per heavy atom. The molecule has 22 heavy (non-hydrogen) atoms. The maximum Gasteiger partial charge on any atom is 0.384 e. The summed E-state index contributed by atoms with van der Waals surface area (Å²) in [6.07, 6.45) is 2.58. The Morgan fingerprint density at radius 2 is 1.59 bits per heavy atom. The van der Waals surface area contributed by atoms with Crippen LogP contribution in [0.3, 0.4) is 0 Å². The summed E-state index contributed by atoms with van der Waals surface area (Å²) in [5.41, 5.74) is 0.694. The molecule has 6 heteroatoms. The standard InChI is InChI=1S/C16H9Cl3O3/c17-11-3-1-2-10(6-11)4-5-15(20)16(21)22-14-8-12(18)7-13(19)9-14/h1-9H/b5-4+. The van der Waals surface area contributed by atoms with Gasteiger partial charge in [0.15, 0.2) is 0 Å². The second kappa shape index (κ2) is 7.45. The molecule has 0 aliphatic heterocycles. The highest BCUT2D eigenvalue weighted by Crippen LogP contribution is 2.24. The van der Waals surface area contributed by atoms with Crippen molar-refractivity contribution < 1.29 is 14.3 Å². The van der Waals surface area contributed by atoms with Gasteiger partial charge in [-0.3, -0.25) is 4.79 Å². The van der Waals surface area contributed by atoms with Gasteiger partial charge in [-0.2, -0.15) is 0 Å². The lowest BCUT2D eigenvalue weighted by Crippen LogP contribution is -2.18. The molecule has 3 nitrogen and oxygen atoms in total. The minimum absolute atomic E-state index is 0.104. The molecule has 2 rings (SSSR count). The molecule has 0 saturated carbocycles. The molecule has 0 unspecified atom stereocenters. The largest absolute Gasteiger partial charge is 0.420 e. The molecule has 0 bridgehead atoms. The Bertz CT molecular complexity index is 734. The second-order valence-electron chi connectivity index (χ2n) is 4.25. The fourth-order valence-electron chi connectivity index (χ4n) is 1.60. The summed E-state index contributed by atoms with van der Waals surface area (Å²) in [5, 5.41) is 1.14. The van der Waals surface area contributed by atoms with E-state index in [2.05, 4.69) is 0 Å². The molecule has 0 aliphatic rings. The predicted octanol–water partition coefficient (Wildman–Crippen LogP) is 4.83. The Kier molecular flexibility index (Phi) is 5.61. The molecule has 0 aliphatic carbocycles. The van der Waals surface area contributed by atoms with Crippen molar-refractivity contribution in [1.82, 2.24) is 0 Å². The minimum atomic E-state index is -1.03. The number of hydrogen-bond donors (Lipinski definition) is 0. The maximum atomic E-state index is 11.7. The van der Waals surface area contributed by atoms with Crippen LogP contribution in [0.4, 0.5) is 0 Å². The topological polar surface area (TPSA) is 43.4 Å². The maximum absolute atomic E-state index is 11.7. The van der Waals surface area contributed by atoms with Crippen molar-refractivity contribution in [3.8, 4) is 5.75 Å². The number of carbonyl (C=O) groups excluding carboxylic acids is 2. The van der Waals surface area contributed by atoms with E-state index in [1.165, 1.54) is 24.3 Å². The van der Waals surface area contributed by atoms with Gasteiger partial charge in [0.25, 0.3) is 5.78 Å². The van der Waals surface area contributed by atoms with E-state index in [-0.39, 0.29) is 5.75 Å². The lowest BCUT2D eigenvalue weighted by atomic mass is 10.2. The first-order valence-corrected chi connectivity index (χ1v) is 7.23. The number of ether oxygens (including phenoxy) is 1. The van der Waals surface area contributed by atoms with Crippen LogP contribution in [0, 0.1) is 0 Å². The quantitative estimate of drug-likeness (QED) is 0.341. The number of benzene rings is 2. The first-order chi connectivity index (χ1) is 10.4. The van der Waals surface area contributed by atoms with E-state index >= 15 is 0 Å². The van der Waals surface area contributed by atoms with Crippen LogP contribution in [0.25, 0.3) is 6.08 Å². The van der Waals surface area contributed by atoms with Crippen molar-refractivity contribution in [3.63, 3.8) is 0 Å². The molecular formula is C16H9Cl3O3. The molecule has 0 aromatic heterocycles. The molecule has 2 aromatic carbocycles. The van der Waals surface area contributed by atoms with Crippen LogP contribution in [0.5, 0.6) is 5.75 Å². The average molecular weight is 356 g/mol. The number of halogens is 3. The van der Waals surface area contributed by atoms with Crippen LogP contribution in [0.1, 0.15) is 5.56 Å². The van der Waals surface area contributed by atoms with Crippen molar-refractivity contribution in [2.45, 2.75) is 0 Å². The molecule has 0 heterocycles. The van der Waals surface area contributed by atoms with Gasteiger partial charge in [0, 0.05) is 15.1 Å². The van der Waals surface area contributed by atoms with E-state index in [0.717, 1.165) is 6.08 Å². The molecule has 0 spiro atoms. The Labute approximate surface area is 142 Å². The van der Waals surface area contributed by atoms with Crippen LogP contribution in [0.15, 0.2) is 48.5 Å². The third-order valence-corrected chi connectivity index (χ3v) is 3.20. The van der Waals surface area contributed by atoms with E-state index in [9.17, 15) is 9.59 Å². The summed E-state index contributed by atoms with van der Waals surface area (Å²) < 4.78 is 4.92. The third kappa shape index (κ3) is 4.88. The van der Waals surface area contributed by atoms with Crippen LogP contribution >= 0.6 is 34.8 Å². The normalized spacial score (nSPS) is 10.7. The lowest BCUT2D eigenvalue weighted by Gasteiger charge is -2.03. The van der Waals surface area contributed by atoms with Gasteiger partial charge < -0.3 is 4.74 Å². The molecule has 0 N–H and O–H groups in total. The van der Waals surface area contributed by atoms with Gasteiger partial charge in [-0.25, -0.2) is 4.79 Å². The summed E-state index contributed by atoms with van der Waals surface area (Å²) in [6, 6.07) is 11.1. The highest BCUT2D eigenvalue weighted by molar-refractivity contribution is 6.40. The number of rotatable bonds is 4. The molecule has 0 saturated heterocycles. The molecule has 0 amide bonds. The number of esters is 1. The number of carbonyl (C=O) groups is 2. The van der Waals surface area contributed by atoms with Crippen LogP contribution < -0.4 is 4.74 Å². The monoisotopic (exact) mass is 354 g/mol. The fraction of sp³-hybridized carbons (Fsp3) is 0. The van der Waals surface area contributed by atoms with E-state index in [1.807, 2.05) is 0 Å². The smallest absolute Gasteiger partial charge is 0.384 e. The second-order valence-corrected chi connectivity index (χ2v) is 5.56. The highest BCUT2D eigenvalue weighted by Gasteiger charge is 2.14. The third-order valence-electron chi connectivity index (χ3n) is 2.52. The number of ketones is 1. The zero-order valence-corrected chi connectivity index (χ0v) is 13.3. The van der Waals surface area contributed by atoms with E-state index in [0.29, 0.717) is 20.6 Å². The lowest BCUT2D eigenvalue weighted by molar-refractivity contribution is -0.144. The van der Waals surface area contributed by atoms with Gasteiger partial charge in [0.2, 0.25) is 0 Å². The van der Waals surface area contributed by atoms with Gasteiger partial charge >= 0.3 is 5.97 Å². The number of hydrogen-bond acceptors (Lipinski definition) is 3. The van der Waals surface area contributed by atoms with Crippen LogP contribution in [0.2, 0.25) is 15.1 Å². The van der Waals surface area contributed by atoms with Crippen molar-refractivity contribution in [3.05, 3.63) is 69.2 Å². The average Bonchev–Trinajstić information content (AvgIpc) is 2.43. The fourth-order valence-corrected chi connectivity index (χ4v) is 2.30. The predicted molar refractivity (Wildman–Crippen MR) is 87.6 cm³/mol. The van der Waals surface area contributed by atoms with Crippen molar-refractivity contribution in [2.24, 2.45) is 0 Å². The molecule has 0 atom stereocenters. The summed E-state index contributed by atoms with van der Waals surface area (Å²) in [4.78, 5) is 23.4. The SMILES string of the molecule is O=C(/C=C/c1cccc(Cl)c1)C(=O)Oc1cc(Cl)cc(Cl)c1. The van der Waals surface area contributed by atoms with Gasteiger partial charge in [-0.15, -0.1) is 0 Å². The van der Waals surface area contributed by atoms with E-state index in [1.54, 1.807) is 24.3 Å². The summed E-state index contributed by atoms with van der Waals surface area (Å²) >= 11 is 17.4. The van der Waals surface area contributed by atoms with Crippen LogP contribution in [-0.4, -0.2) is 11.8 Å². The highest BCUT2D eigenvalue weighted by atomic mass is 35.5. The summed E-state index contributed by atoms with van der Waals surface area (Å²) in [7, 11) is 0. The summed E-state index contributed by atoms with van der Waals surface area (Å²) in [6.45, 7) is 0. The molecule has 2 aromatic rings. The zero-order valence-electron chi connectivity index (χ0n) is 11.1. The minimum Gasteiger partial charge on any atom is -0.420 e. The Morgan fingerprint density at radius 3 is 2.23 bits per heavy atom. The van der Waals surface area contributed by atoms with Gasteiger partial charge in [-0.05, 0) is 42.0 Å². The van der Waals surface area contributed by atoms with Crippen molar-refractivity contribution in [1.29, 1.82) is 0 Å². The van der Waals surface area contributed by atoms with Gasteiger partial charge in [-0.1, -0.05) is 53.0 Å². The molecule has 0 fully saturated rings. The zero-order chi connectivity index (χ0) is 16.1. The molecular weight excluding hydrogens is 347 g/mol. The summed E-state index contributed by atoms with van der Waals surface area (Å²) in [5.74, 6) is -1.74. The first-order valence-electron chi connectivity index (χ1n) is 6.10. The van der Waals surface area contributed by atoms with Gasteiger partial charge in [0.05, 0.1) is 0 Å². The Hall–Kier alpha value is -1.81. The Balaban J connectivity index is 2.04. The van der Waals surface area contributed by atoms with Crippen LogP contribution in [-0.2, 0) is 9.59 Å². The molecule has 112 valence electrons. The molecule has 0 radical (unpaired) electrons.